The fraction of sp³-hybridized carbons (Fsp3) is 0.571. The number of hydrogen-bond donors (Lipinski definition) is 10. The van der Waals surface area contributed by atoms with Crippen molar-refractivity contribution in [3.63, 3.8) is 0 Å². The van der Waals surface area contributed by atoms with E-state index in [0.29, 0.717) is 55.5 Å². The van der Waals surface area contributed by atoms with Crippen molar-refractivity contribution in [3.8, 4) is 11.3 Å². The van der Waals surface area contributed by atoms with E-state index in [1.54, 1.807) is 86.6 Å². The Morgan fingerprint density at radius 3 is 1.67 bits per heavy atom. The molecule has 1 aromatic heterocycles. The van der Waals surface area contributed by atoms with Crippen molar-refractivity contribution in [1.82, 2.24) is 52.2 Å². The molecule has 0 aliphatic carbocycles. The van der Waals surface area contributed by atoms with Crippen LogP contribution in [0.3, 0.4) is 0 Å². The molecule has 0 unspecified atom stereocenters. The molecule has 27 heteroatoms. The van der Waals surface area contributed by atoms with Crippen molar-refractivity contribution < 1.29 is 77.1 Å². The Morgan fingerprint density at radius 1 is 0.566 bits per heavy atom. The number of esters is 2. The quantitative estimate of drug-likeness (QED) is 0.0204. The van der Waals surface area contributed by atoms with Crippen molar-refractivity contribution in [1.29, 1.82) is 0 Å². The number of carbonyl (C=O) groups is 10. The van der Waals surface area contributed by atoms with Gasteiger partial charge in [-0.25, -0.2) is 38.2 Å². The van der Waals surface area contributed by atoms with E-state index >= 15 is 0 Å². The molecule has 0 radical (unpaired) electrons. The van der Waals surface area contributed by atoms with Gasteiger partial charge in [-0.15, -0.1) is 5.10 Å². The number of carbonyl (C=O) groups excluding carboxylic acids is 8. The summed E-state index contributed by atoms with van der Waals surface area (Å²) < 4.78 is 23.0. The predicted octanol–water partition coefficient (Wildman–Crippen LogP) is 5.67. The highest BCUT2D eigenvalue weighted by Crippen LogP contribution is 2.22. The summed E-state index contributed by atoms with van der Waals surface area (Å²) in [6, 6.07) is 9.19. The van der Waals surface area contributed by atoms with Gasteiger partial charge < -0.3 is 71.7 Å². The summed E-state index contributed by atoms with van der Waals surface area (Å²) in [5.74, 6) is -5.47. The highest BCUT2D eigenvalue weighted by atomic mass is 16.6. The van der Waals surface area contributed by atoms with Crippen molar-refractivity contribution in [3.05, 3.63) is 66.4 Å². The lowest BCUT2D eigenvalue weighted by Gasteiger charge is -2.26. The van der Waals surface area contributed by atoms with E-state index in [1.807, 2.05) is 30.3 Å². The molecule has 1 heterocycles. The van der Waals surface area contributed by atoms with E-state index < -0.39 is 114 Å². The Balaban J connectivity index is 1.66. The van der Waals surface area contributed by atoms with E-state index in [-0.39, 0.29) is 51.9 Å². The van der Waals surface area contributed by atoms with Crippen LogP contribution < -0.4 is 42.5 Å². The first kappa shape index (κ1) is 68.8. The molecular formula is C56H83N11O16. The van der Waals surface area contributed by atoms with Crippen molar-refractivity contribution in [2.75, 3.05) is 25.0 Å². The molecule has 0 saturated carbocycles. The number of carboxylic acid groups (broad SMARTS) is 2. The molecule has 4 atom stereocenters. The normalized spacial score (nSPS) is 12.8. The third-order valence-corrected chi connectivity index (χ3v) is 11.4. The standard InChI is InChI=1S/C56H83N11O16/c1-54(2,3)81-48(74)41(25-15-18-30-58-52(78)80-35-36-20-11-10-12-21-36)63-46(71)39(24-13-17-31-59-53(79)83-56(7,8)9)62-44(68)34-67-43(33-60-66-67)37-22-19-23-38(32-37)61-50(76)57-29-16-14-26-42(49(75)82-55(4,5)6)65-51(77)64-40(47(72)73)27-28-45(69)70/h10-12,19-23,32-33,39-42H,13-18,24-31,34-35H2,1-9H3,(H,58,78)(H,59,79)(H,62,68)(H,63,71)(H,69,70)(H,72,73)(H2,57,61,76)(H2,64,65,77)/t39-,40-,41-,42-/m0/s1. The maximum atomic E-state index is 14.1. The predicted molar refractivity (Wildman–Crippen MR) is 302 cm³/mol. The molecule has 10 N–H and O–H groups in total. The van der Waals surface area contributed by atoms with E-state index in [4.69, 9.17) is 24.1 Å². The van der Waals surface area contributed by atoms with Crippen molar-refractivity contribution >= 4 is 65.6 Å². The lowest BCUT2D eigenvalue weighted by atomic mass is 10.1. The van der Waals surface area contributed by atoms with Crippen molar-refractivity contribution in [2.24, 2.45) is 0 Å². The molecular weight excluding hydrogens is 1080 g/mol. The van der Waals surface area contributed by atoms with Crippen LogP contribution in [0.4, 0.5) is 24.9 Å². The second-order valence-corrected chi connectivity index (χ2v) is 22.4. The van der Waals surface area contributed by atoms with Crippen LogP contribution in [0.2, 0.25) is 0 Å². The monoisotopic (exact) mass is 1170 g/mol. The molecule has 27 nitrogen and oxygen atoms in total. The number of alkyl carbamates (subject to hydrolysis) is 2. The Kier molecular flexibility index (Phi) is 28.2. The van der Waals surface area contributed by atoms with Gasteiger partial charge in [-0.2, -0.15) is 0 Å². The summed E-state index contributed by atoms with van der Waals surface area (Å²) in [7, 11) is 0. The van der Waals surface area contributed by atoms with Crippen LogP contribution in [-0.4, -0.2) is 146 Å². The average molecular weight is 1170 g/mol. The zero-order valence-corrected chi connectivity index (χ0v) is 48.8. The molecule has 3 aromatic rings. The first-order valence-corrected chi connectivity index (χ1v) is 27.5. The second kappa shape index (κ2) is 34.0. The molecule has 458 valence electrons. The summed E-state index contributed by atoms with van der Waals surface area (Å²) in [5, 5.41) is 47.4. The van der Waals surface area contributed by atoms with Gasteiger partial charge in [0.05, 0.1) is 11.9 Å². The third-order valence-electron chi connectivity index (χ3n) is 11.4. The number of aromatic nitrogens is 3. The van der Waals surface area contributed by atoms with Gasteiger partial charge >= 0.3 is 48.1 Å². The molecule has 0 spiro atoms. The SMILES string of the molecule is CC(C)(C)OC(=O)NCCCC[C@H](NC(=O)Cn1nncc1-c1cccc(NC(=O)NCCCC[C@H](NC(=O)N[C@@H](CCC(=O)O)C(=O)O)C(=O)OC(C)(C)C)c1)C(=O)N[C@@H](CCCCNC(=O)OCc1ccccc1)C(=O)OC(C)(C)C. The zero-order valence-electron chi connectivity index (χ0n) is 48.8. The Labute approximate surface area is 483 Å². The van der Waals surface area contributed by atoms with E-state index in [0.717, 1.165) is 5.56 Å². The second-order valence-electron chi connectivity index (χ2n) is 22.4. The molecule has 8 amide bonds. The molecule has 0 fully saturated rings. The minimum Gasteiger partial charge on any atom is -0.481 e. The van der Waals surface area contributed by atoms with Gasteiger partial charge in [0.1, 0.15) is 54.1 Å². The van der Waals surface area contributed by atoms with Gasteiger partial charge in [0, 0.05) is 37.3 Å². The molecule has 3 rings (SSSR count). The number of ether oxygens (including phenoxy) is 4. The van der Waals surface area contributed by atoms with Gasteiger partial charge in [-0.1, -0.05) is 47.7 Å². The topological polar surface area (TPSA) is 375 Å². The van der Waals surface area contributed by atoms with Gasteiger partial charge in [0.15, 0.2) is 0 Å². The van der Waals surface area contributed by atoms with Gasteiger partial charge in [0.25, 0.3) is 0 Å². The third kappa shape index (κ3) is 29.7. The van der Waals surface area contributed by atoms with Crippen LogP contribution in [0.25, 0.3) is 11.3 Å². The number of benzene rings is 2. The highest BCUT2D eigenvalue weighted by molar-refractivity contribution is 5.92. The van der Waals surface area contributed by atoms with Gasteiger partial charge in [0.2, 0.25) is 11.8 Å². The molecule has 2 aromatic carbocycles. The number of anilines is 1. The van der Waals surface area contributed by atoms with Crippen LogP contribution in [-0.2, 0) is 60.9 Å². The van der Waals surface area contributed by atoms with Gasteiger partial charge in [-0.05, 0) is 144 Å². The largest absolute Gasteiger partial charge is 0.481 e. The average Bonchev–Trinajstić information content (AvgIpc) is 4.05. The van der Waals surface area contributed by atoms with E-state index in [2.05, 4.69) is 52.8 Å². The maximum Gasteiger partial charge on any atom is 0.407 e. The minimum atomic E-state index is -1.52. The number of nitrogens with zero attached hydrogens (tertiary/aromatic N) is 3. The summed E-state index contributed by atoms with van der Waals surface area (Å²) in [5.41, 5.74) is -0.456. The van der Waals surface area contributed by atoms with Crippen LogP contribution in [0.15, 0.2) is 60.8 Å². The molecule has 0 aliphatic heterocycles. The lowest BCUT2D eigenvalue weighted by molar-refractivity contribution is -0.159. The Hall–Kier alpha value is -8.52. The number of carboxylic acids is 2. The van der Waals surface area contributed by atoms with Crippen LogP contribution in [0.5, 0.6) is 0 Å². The van der Waals surface area contributed by atoms with E-state index in [1.165, 1.54) is 10.9 Å². The molecule has 0 saturated heterocycles. The first-order valence-electron chi connectivity index (χ1n) is 27.5. The Morgan fingerprint density at radius 2 is 1.11 bits per heavy atom. The number of urea groups is 2. The van der Waals surface area contributed by atoms with E-state index in [9.17, 15) is 53.1 Å². The number of unbranched alkanes of at least 4 members (excludes halogenated alkanes) is 3. The number of nitrogens with one attached hydrogen (secondary N) is 8. The summed E-state index contributed by atoms with van der Waals surface area (Å²) in [6.07, 6.45) is 1.79. The smallest absolute Gasteiger partial charge is 0.407 e. The lowest BCUT2D eigenvalue weighted by Crippen LogP contribution is -2.53. The summed E-state index contributed by atoms with van der Waals surface area (Å²) in [4.78, 5) is 127. The minimum absolute atomic E-state index is 0.0511. The maximum absolute atomic E-state index is 14.1. The Bertz CT molecular complexity index is 2630. The summed E-state index contributed by atoms with van der Waals surface area (Å²) in [6.45, 7) is 15.5. The van der Waals surface area contributed by atoms with Crippen molar-refractivity contribution in [2.45, 2.75) is 187 Å². The first-order chi connectivity index (χ1) is 39.0. The number of amides is 8. The van der Waals surface area contributed by atoms with Crippen LogP contribution in [0.1, 0.15) is 139 Å². The number of hydrogen-bond acceptors (Lipinski definition) is 16. The fourth-order valence-corrected chi connectivity index (χ4v) is 7.67. The molecule has 0 aliphatic rings. The number of aliphatic carboxylic acids is 2. The molecule has 83 heavy (non-hydrogen) atoms. The number of rotatable bonds is 32. The highest BCUT2D eigenvalue weighted by Gasteiger charge is 2.32. The fourth-order valence-electron chi connectivity index (χ4n) is 7.67. The van der Waals surface area contributed by atoms with Crippen LogP contribution >= 0.6 is 0 Å². The summed E-state index contributed by atoms with van der Waals surface area (Å²) >= 11 is 0. The van der Waals surface area contributed by atoms with Crippen LogP contribution in [0, 0.1) is 0 Å². The zero-order chi connectivity index (χ0) is 61.8. The molecule has 0 bridgehead atoms. The van der Waals surface area contributed by atoms with Gasteiger partial charge in [-0.3, -0.25) is 14.4 Å².